The quantitative estimate of drug-likeness (QED) is 0.705. The van der Waals surface area contributed by atoms with E-state index in [1.165, 1.54) is 0 Å². The smallest absolute Gasteiger partial charge is 0.276 e. The van der Waals surface area contributed by atoms with Crippen LogP contribution in [0.3, 0.4) is 0 Å². The van der Waals surface area contributed by atoms with Gasteiger partial charge in [0.05, 0.1) is 17.0 Å². The maximum Gasteiger partial charge on any atom is 0.276 e. The number of carbonyl (C=O) groups excluding carboxylic acids is 1. The van der Waals surface area contributed by atoms with Crippen molar-refractivity contribution in [1.29, 1.82) is 0 Å². The van der Waals surface area contributed by atoms with Crippen molar-refractivity contribution in [1.82, 2.24) is 29.6 Å². The van der Waals surface area contributed by atoms with Gasteiger partial charge in [0.15, 0.2) is 11.3 Å². The molecule has 0 N–H and O–H groups in total. The fraction of sp³-hybridized carbons (Fsp3) is 0.368. The highest BCUT2D eigenvalue weighted by Crippen LogP contribution is 2.27. The molecule has 0 spiro atoms. The third-order valence-electron chi connectivity index (χ3n) is 5.00. The molecule has 134 valence electrons. The Morgan fingerprint density at radius 2 is 1.69 bits per heavy atom. The van der Waals surface area contributed by atoms with E-state index in [1.807, 2.05) is 49.1 Å². The first-order valence-corrected chi connectivity index (χ1v) is 8.82. The van der Waals surface area contributed by atoms with E-state index in [0.29, 0.717) is 24.4 Å². The van der Waals surface area contributed by atoms with Crippen LogP contribution in [0, 0.1) is 13.8 Å². The normalized spacial score (nSPS) is 15.6. The molecular formula is C19H22N6O. The van der Waals surface area contributed by atoms with Gasteiger partial charge in [0.25, 0.3) is 5.91 Å². The topological polar surface area (TPSA) is 66.6 Å². The Balaban J connectivity index is 1.76. The van der Waals surface area contributed by atoms with Gasteiger partial charge in [0.2, 0.25) is 0 Å². The van der Waals surface area contributed by atoms with Crippen LogP contribution in [0.5, 0.6) is 0 Å². The molecule has 0 radical (unpaired) electrons. The van der Waals surface area contributed by atoms with Crippen LogP contribution < -0.4 is 0 Å². The molecule has 2 aromatic heterocycles. The third-order valence-corrected chi connectivity index (χ3v) is 5.00. The number of hydrogen-bond acceptors (Lipinski definition) is 5. The minimum absolute atomic E-state index is 0.0700. The predicted octanol–water partition coefficient (Wildman–Crippen LogP) is 1.80. The Kier molecular flexibility index (Phi) is 4.16. The molecule has 7 heteroatoms. The number of aromatic nitrogens is 4. The molecule has 0 atom stereocenters. The zero-order valence-corrected chi connectivity index (χ0v) is 15.3. The second-order valence-electron chi connectivity index (χ2n) is 6.79. The largest absolute Gasteiger partial charge is 0.335 e. The summed E-state index contributed by atoms with van der Waals surface area (Å²) in [5.74, 6) is -0.0700. The van der Waals surface area contributed by atoms with Crippen LogP contribution in [0.2, 0.25) is 0 Å². The first-order chi connectivity index (χ1) is 12.6. The average molecular weight is 350 g/mol. The molecule has 1 amide bonds. The number of nitrogens with zero attached hydrogens (tertiary/aromatic N) is 6. The minimum Gasteiger partial charge on any atom is -0.335 e. The molecule has 0 aliphatic carbocycles. The van der Waals surface area contributed by atoms with E-state index >= 15 is 0 Å². The molecule has 0 bridgehead atoms. The van der Waals surface area contributed by atoms with E-state index in [-0.39, 0.29) is 5.91 Å². The molecule has 3 aromatic rings. The van der Waals surface area contributed by atoms with E-state index in [9.17, 15) is 4.79 Å². The van der Waals surface area contributed by atoms with Gasteiger partial charge in [0.1, 0.15) is 0 Å². The number of benzene rings is 1. The fourth-order valence-electron chi connectivity index (χ4n) is 3.41. The van der Waals surface area contributed by atoms with Gasteiger partial charge in [-0.2, -0.15) is 5.10 Å². The minimum atomic E-state index is -0.0700. The van der Waals surface area contributed by atoms with Gasteiger partial charge in [-0.1, -0.05) is 30.3 Å². The molecule has 0 unspecified atom stereocenters. The van der Waals surface area contributed by atoms with Crippen molar-refractivity contribution in [3.8, 4) is 11.1 Å². The Hall–Kier alpha value is -2.80. The van der Waals surface area contributed by atoms with Gasteiger partial charge in [-0.15, -0.1) is 10.2 Å². The summed E-state index contributed by atoms with van der Waals surface area (Å²) < 4.78 is 1.74. The summed E-state index contributed by atoms with van der Waals surface area (Å²) in [7, 11) is 2.07. The highest BCUT2D eigenvalue weighted by atomic mass is 16.2. The summed E-state index contributed by atoms with van der Waals surface area (Å²) >= 11 is 0. The highest BCUT2D eigenvalue weighted by molar-refractivity contribution is 5.93. The van der Waals surface area contributed by atoms with Crippen molar-refractivity contribution < 1.29 is 4.79 Å². The Bertz CT molecular complexity index is 957. The second-order valence-corrected chi connectivity index (χ2v) is 6.79. The lowest BCUT2D eigenvalue weighted by Crippen LogP contribution is -2.47. The number of piperazine rings is 1. The van der Waals surface area contributed by atoms with E-state index in [0.717, 1.165) is 35.6 Å². The summed E-state index contributed by atoms with van der Waals surface area (Å²) in [5, 5.41) is 13.3. The molecule has 1 aliphatic heterocycles. The van der Waals surface area contributed by atoms with Gasteiger partial charge < -0.3 is 9.80 Å². The zero-order valence-electron chi connectivity index (χ0n) is 15.3. The Morgan fingerprint density at radius 3 is 2.38 bits per heavy atom. The van der Waals surface area contributed by atoms with Crippen molar-refractivity contribution in [2.45, 2.75) is 13.8 Å². The molecule has 1 aliphatic rings. The molecule has 1 saturated heterocycles. The van der Waals surface area contributed by atoms with Crippen molar-refractivity contribution >= 4 is 11.6 Å². The molecule has 1 fully saturated rings. The maximum absolute atomic E-state index is 12.9. The van der Waals surface area contributed by atoms with Crippen LogP contribution in [0.4, 0.5) is 0 Å². The second kappa shape index (κ2) is 6.49. The lowest BCUT2D eigenvalue weighted by atomic mass is 10.1. The summed E-state index contributed by atoms with van der Waals surface area (Å²) in [6.45, 7) is 7.01. The average Bonchev–Trinajstić information content (AvgIpc) is 3.00. The summed E-state index contributed by atoms with van der Waals surface area (Å²) in [6.07, 6.45) is 0. The number of likely N-dealkylation sites (N-methyl/N-ethyl adjacent to an activating group) is 1. The number of fused-ring (bicyclic) bond motifs is 1. The van der Waals surface area contributed by atoms with Gasteiger partial charge in [-0.3, -0.25) is 4.79 Å². The first-order valence-electron chi connectivity index (χ1n) is 8.82. The molecule has 26 heavy (non-hydrogen) atoms. The Morgan fingerprint density at radius 1 is 1.00 bits per heavy atom. The fourth-order valence-corrected chi connectivity index (χ4v) is 3.41. The predicted molar refractivity (Wildman–Crippen MR) is 99.1 cm³/mol. The summed E-state index contributed by atoms with van der Waals surface area (Å²) in [5.41, 5.74) is 4.67. The van der Waals surface area contributed by atoms with Gasteiger partial charge >= 0.3 is 0 Å². The Labute approximate surface area is 152 Å². The molecular weight excluding hydrogens is 328 g/mol. The number of hydrogen-bond donors (Lipinski definition) is 0. The van der Waals surface area contributed by atoms with E-state index in [4.69, 9.17) is 0 Å². The standard InChI is InChI=1S/C19H22N6O/c1-13-16(15-7-5-4-6-8-15)18-21-20-17(14(2)25(18)22-13)19(26)24-11-9-23(3)10-12-24/h4-8H,9-12H2,1-3H3. The number of amides is 1. The van der Waals surface area contributed by atoms with E-state index in [1.54, 1.807) is 4.52 Å². The molecule has 0 saturated carbocycles. The summed E-state index contributed by atoms with van der Waals surface area (Å²) in [4.78, 5) is 17.0. The van der Waals surface area contributed by atoms with E-state index < -0.39 is 0 Å². The highest BCUT2D eigenvalue weighted by Gasteiger charge is 2.25. The van der Waals surface area contributed by atoms with Crippen molar-refractivity contribution in [2.24, 2.45) is 0 Å². The molecule has 1 aromatic carbocycles. The maximum atomic E-state index is 12.9. The van der Waals surface area contributed by atoms with Crippen LogP contribution >= 0.6 is 0 Å². The third kappa shape index (κ3) is 2.74. The number of aryl methyl sites for hydroxylation is 2. The first kappa shape index (κ1) is 16.7. The van der Waals surface area contributed by atoms with Gasteiger partial charge in [-0.25, -0.2) is 4.52 Å². The van der Waals surface area contributed by atoms with Crippen molar-refractivity contribution in [2.75, 3.05) is 33.2 Å². The molecule has 7 nitrogen and oxygen atoms in total. The monoisotopic (exact) mass is 350 g/mol. The SMILES string of the molecule is Cc1nn2c(C)c(C(=O)N3CCN(C)CC3)nnc2c1-c1ccccc1. The lowest BCUT2D eigenvalue weighted by molar-refractivity contribution is 0.0655. The van der Waals surface area contributed by atoms with E-state index in [2.05, 4.69) is 27.2 Å². The van der Waals surface area contributed by atoms with Crippen LogP contribution in [0.1, 0.15) is 21.9 Å². The van der Waals surface area contributed by atoms with Crippen LogP contribution in [-0.2, 0) is 0 Å². The summed E-state index contributed by atoms with van der Waals surface area (Å²) in [6, 6.07) is 10.0. The van der Waals surface area contributed by atoms with Crippen molar-refractivity contribution in [3.63, 3.8) is 0 Å². The number of carbonyl (C=O) groups is 1. The van der Waals surface area contributed by atoms with Crippen molar-refractivity contribution in [3.05, 3.63) is 47.4 Å². The zero-order chi connectivity index (χ0) is 18.3. The molecule has 4 rings (SSSR count). The van der Waals surface area contributed by atoms with Crippen LogP contribution in [-0.4, -0.2) is 68.7 Å². The van der Waals surface area contributed by atoms with Crippen LogP contribution in [0.15, 0.2) is 30.3 Å². The lowest BCUT2D eigenvalue weighted by Gasteiger charge is -2.32. The number of rotatable bonds is 2. The van der Waals surface area contributed by atoms with Crippen LogP contribution in [0.25, 0.3) is 16.8 Å². The van der Waals surface area contributed by atoms with Gasteiger partial charge in [0, 0.05) is 26.2 Å². The van der Waals surface area contributed by atoms with Gasteiger partial charge in [-0.05, 0) is 26.5 Å². The molecule has 3 heterocycles.